The molecule has 14 heteroatoms. The van der Waals surface area contributed by atoms with E-state index in [0.29, 0.717) is 35.3 Å². The van der Waals surface area contributed by atoms with Gasteiger partial charge in [-0.1, -0.05) is 53.5 Å². The minimum atomic E-state index is -4.16. The highest BCUT2D eigenvalue weighted by Crippen LogP contribution is 2.33. The Morgan fingerprint density at radius 1 is 1.02 bits per heavy atom. The van der Waals surface area contributed by atoms with Crippen LogP contribution in [-0.2, 0) is 29.0 Å². The maximum atomic E-state index is 14.0. The van der Waals surface area contributed by atoms with Crippen LogP contribution in [0.4, 0.5) is 5.69 Å². The summed E-state index contributed by atoms with van der Waals surface area (Å²) >= 11 is 12.4. The zero-order chi connectivity index (χ0) is 34.1. The van der Waals surface area contributed by atoms with Gasteiger partial charge in [-0.3, -0.25) is 13.7 Å². The van der Waals surface area contributed by atoms with Gasteiger partial charge in [-0.25, -0.2) is 8.42 Å². The third kappa shape index (κ3) is 7.85. The molecule has 252 valence electrons. The van der Waals surface area contributed by atoms with E-state index in [1.807, 2.05) is 41.0 Å². The Bertz CT molecular complexity index is 1950. The van der Waals surface area contributed by atoms with Crippen LogP contribution in [0.2, 0.25) is 0 Å². The molecule has 1 saturated heterocycles. The highest BCUT2D eigenvalue weighted by molar-refractivity contribution is 7.93. The topological polar surface area (TPSA) is 122 Å². The Kier molecular flexibility index (Phi) is 9.82. The molecule has 11 nitrogen and oxygen atoms in total. The summed E-state index contributed by atoms with van der Waals surface area (Å²) in [6.45, 7) is 5.28. The van der Waals surface area contributed by atoms with E-state index in [0.717, 1.165) is 15.4 Å². The Labute approximate surface area is 288 Å². The fourth-order valence-electron chi connectivity index (χ4n) is 5.38. The smallest absolute Gasteiger partial charge is 0.327 e. The van der Waals surface area contributed by atoms with Gasteiger partial charge in [-0.05, 0) is 63.3 Å². The molecule has 0 spiro atoms. The first-order valence-corrected chi connectivity index (χ1v) is 17.5. The van der Waals surface area contributed by atoms with Crippen LogP contribution in [-0.4, -0.2) is 65.9 Å². The maximum Gasteiger partial charge on any atom is 0.327 e. The van der Waals surface area contributed by atoms with E-state index in [9.17, 15) is 13.2 Å². The monoisotopic (exact) mass is 712 g/mol. The van der Waals surface area contributed by atoms with Crippen LogP contribution in [0.15, 0.2) is 95.1 Å². The molecular weight excluding hydrogens is 679 g/mol. The van der Waals surface area contributed by atoms with Gasteiger partial charge in [0.25, 0.3) is 0 Å². The fourth-order valence-corrected chi connectivity index (χ4v) is 7.89. The predicted octanol–water partition coefficient (Wildman–Crippen LogP) is 6.41. The van der Waals surface area contributed by atoms with Gasteiger partial charge in [0.2, 0.25) is 15.9 Å². The number of rotatable bonds is 9. The second-order valence-corrected chi connectivity index (χ2v) is 15.3. The van der Waals surface area contributed by atoms with Crippen LogP contribution in [0.1, 0.15) is 39.0 Å². The number of halogens is 2. The lowest BCUT2D eigenvalue weighted by Gasteiger charge is -2.30. The van der Waals surface area contributed by atoms with Crippen molar-refractivity contribution in [3.05, 3.63) is 101 Å². The first-order valence-electron chi connectivity index (χ1n) is 15.2. The Hall–Kier alpha value is -3.94. The molecule has 0 amide bonds. The van der Waals surface area contributed by atoms with Gasteiger partial charge in [0.1, 0.15) is 23.5 Å². The minimum Gasteiger partial charge on any atom is -0.468 e. The van der Waals surface area contributed by atoms with Crippen molar-refractivity contribution in [2.45, 2.75) is 50.4 Å². The van der Waals surface area contributed by atoms with Gasteiger partial charge in [0.15, 0.2) is 12.1 Å². The first-order chi connectivity index (χ1) is 22.9. The molecule has 2 aromatic carbocycles. The lowest BCUT2D eigenvalue weighted by Crippen LogP contribution is -2.43. The SMILES string of the molecule is CC(C)(C)OC(=O)CN(c1ccc2c(ccn2-c2ccc(OC3COC(c4ccccc4)OC3)nn2)c1)S(=O)(=O)C1C=C(Cl)C=C(Cl)C1. The summed E-state index contributed by atoms with van der Waals surface area (Å²) in [6.07, 6.45) is 3.96. The summed E-state index contributed by atoms with van der Waals surface area (Å²) in [4.78, 5) is 12.9. The molecule has 1 atom stereocenters. The summed E-state index contributed by atoms with van der Waals surface area (Å²) in [5, 5.41) is 8.73. The number of fused-ring (bicyclic) bond motifs is 1. The van der Waals surface area contributed by atoms with E-state index in [4.69, 9.17) is 42.1 Å². The number of anilines is 1. The van der Waals surface area contributed by atoms with Gasteiger partial charge in [-0.15, -0.1) is 10.2 Å². The van der Waals surface area contributed by atoms with Crippen LogP contribution >= 0.6 is 23.2 Å². The van der Waals surface area contributed by atoms with Crippen molar-refractivity contribution in [2.75, 3.05) is 24.1 Å². The molecule has 0 saturated carbocycles. The predicted molar refractivity (Wildman–Crippen MR) is 183 cm³/mol. The number of hydrogen-bond donors (Lipinski definition) is 0. The lowest BCUT2D eigenvalue weighted by atomic mass is 10.2. The highest BCUT2D eigenvalue weighted by Gasteiger charge is 2.36. The number of nitrogens with zero attached hydrogens (tertiary/aromatic N) is 4. The van der Waals surface area contributed by atoms with Crippen LogP contribution < -0.4 is 9.04 Å². The zero-order valence-electron chi connectivity index (χ0n) is 26.5. The summed E-state index contributed by atoms with van der Waals surface area (Å²) in [5.41, 5.74) is 1.15. The third-order valence-corrected chi connectivity index (χ3v) is 10.00. The van der Waals surface area contributed by atoms with Crippen molar-refractivity contribution >= 4 is 55.8 Å². The van der Waals surface area contributed by atoms with E-state index in [2.05, 4.69) is 10.2 Å². The van der Waals surface area contributed by atoms with E-state index in [1.54, 1.807) is 57.3 Å². The molecule has 0 N–H and O–H groups in total. The van der Waals surface area contributed by atoms with Crippen molar-refractivity contribution in [2.24, 2.45) is 0 Å². The van der Waals surface area contributed by atoms with Gasteiger partial charge < -0.3 is 18.9 Å². The number of sulfonamides is 1. The molecule has 48 heavy (non-hydrogen) atoms. The van der Waals surface area contributed by atoms with Crippen LogP contribution in [0.25, 0.3) is 16.7 Å². The minimum absolute atomic E-state index is 0.0247. The summed E-state index contributed by atoms with van der Waals surface area (Å²) in [7, 11) is -4.16. The van der Waals surface area contributed by atoms with Crippen molar-refractivity contribution < 1.29 is 32.2 Å². The van der Waals surface area contributed by atoms with E-state index in [-0.39, 0.29) is 23.2 Å². The van der Waals surface area contributed by atoms with Gasteiger partial charge >= 0.3 is 5.97 Å². The first kappa shape index (κ1) is 33.9. The van der Waals surface area contributed by atoms with Crippen LogP contribution in [0.3, 0.4) is 0 Å². The number of esters is 1. The van der Waals surface area contributed by atoms with Crippen molar-refractivity contribution in [1.82, 2.24) is 14.8 Å². The Balaban J connectivity index is 1.20. The number of benzene rings is 2. The summed E-state index contributed by atoms with van der Waals surface area (Å²) in [5.74, 6) is 0.144. The second-order valence-electron chi connectivity index (χ2n) is 12.3. The maximum absolute atomic E-state index is 14.0. The molecule has 1 aliphatic heterocycles. The summed E-state index contributed by atoms with van der Waals surface area (Å²) in [6, 6.07) is 20.1. The fraction of sp³-hybridized carbons (Fsp3) is 0.324. The number of ether oxygens (including phenoxy) is 4. The van der Waals surface area contributed by atoms with Crippen LogP contribution in [0, 0.1) is 0 Å². The second kappa shape index (κ2) is 13.9. The molecule has 2 aliphatic rings. The van der Waals surface area contributed by atoms with Crippen molar-refractivity contribution in [1.29, 1.82) is 0 Å². The average Bonchev–Trinajstić information content (AvgIpc) is 3.47. The molecule has 0 radical (unpaired) electrons. The quantitative estimate of drug-likeness (QED) is 0.181. The van der Waals surface area contributed by atoms with E-state index in [1.165, 1.54) is 12.2 Å². The molecule has 2 aromatic heterocycles. The highest BCUT2D eigenvalue weighted by atomic mass is 35.5. The van der Waals surface area contributed by atoms with Crippen molar-refractivity contribution in [3.63, 3.8) is 0 Å². The van der Waals surface area contributed by atoms with E-state index >= 15 is 0 Å². The van der Waals surface area contributed by atoms with Crippen molar-refractivity contribution in [3.8, 4) is 11.7 Å². The average molecular weight is 714 g/mol. The Morgan fingerprint density at radius 2 is 1.77 bits per heavy atom. The molecule has 1 unspecified atom stereocenters. The third-order valence-electron chi connectivity index (χ3n) is 7.48. The van der Waals surface area contributed by atoms with E-state index < -0.39 is 39.7 Å². The number of carbonyl (C=O) groups excluding carboxylic acids is 1. The molecule has 1 fully saturated rings. The zero-order valence-corrected chi connectivity index (χ0v) is 28.8. The normalized spacial score (nSPS) is 20.1. The molecule has 1 aliphatic carbocycles. The molecule has 3 heterocycles. The van der Waals surface area contributed by atoms with Gasteiger partial charge in [0.05, 0.1) is 24.4 Å². The van der Waals surface area contributed by atoms with Crippen LogP contribution in [0.5, 0.6) is 5.88 Å². The molecule has 0 bridgehead atoms. The lowest BCUT2D eigenvalue weighted by molar-refractivity contribution is -0.216. The number of allylic oxidation sites excluding steroid dienone is 3. The number of hydrogen-bond acceptors (Lipinski definition) is 9. The standard InChI is InChI=1S/C34H34Cl2N4O7S/c1-34(2,3)47-32(41)19-40(48(42,43)28-17-24(35)16-25(36)18-28)26-9-10-29-23(15-26)13-14-39(29)30-11-12-31(38-37-30)46-27-20-44-33(45-21-27)22-7-5-4-6-8-22/h4-17,27-28,33H,18-21H2,1-3H3. The molecular formula is C34H34Cl2N4O7S. The molecule has 4 aromatic rings. The number of aromatic nitrogens is 3. The van der Waals surface area contributed by atoms with Gasteiger partial charge in [0, 0.05) is 39.7 Å². The largest absolute Gasteiger partial charge is 0.468 e. The molecule has 6 rings (SSSR count). The van der Waals surface area contributed by atoms with Gasteiger partial charge in [-0.2, -0.15) is 0 Å². The summed E-state index contributed by atoms with van der Waals surface area (Å²) < 4.78 is 53.9. The Morgan fingerprint density at radius 3 is 2.44 bits per heavy atom. The number of carbonyl (C=O) groups is 1.